The van der Waals surface area contributed by atoms with Gasteiger partial charge in [-0.3, -0.25) is 4.99 Å². The first kappa shape index (κ1) is 18.8. The normalized spacial score (nSPS) is 21.5. The van der Waals surface area contributed by atoms with E-state index in [1.807, 2.05) is 7.05 Å². The van der Waals surface area contributed by atoms with Gasteiger partial charge in [0.2, 0.25) is 0 Å². The first-order chi connectivity index (χ1) is 11.7. The van der Waals surface area contributed by atoms with Crippen molar-refractivity contribution in [1.29, 1.82) is 0 Å². The zero-order chi connectivity index (χ0) is 17.2. The second-order valence-electron chi connectivity index (χ2n) is 6.69. The second-order valence-corrected chi connectivity index (χ2v) is 6.69. The molecule has 0 aromatic heterocycles. The van der Waals surface area contributed by atoms with Gasteiger partial charge in [-0.05, 0) is 31.7 Å². The lowest BCUT2D eigenvalue weighted by atomic mass is 9.89. The Balaban J connectivity index is 1.87. The van der Waals surface area contributed by atoms with Crippen molar-refractivity contribution in [2.45, 2.75) is 52.1 Å². The summed E-state index contributed by atoms with van der Waals surface area (Å²) < 4.78 is 6.10. The zero-order valence-corrected chi connectivity index (χ0v) is 15.5. The highest BCUT2D eigenvalue weighted by atomic mass is 16.5. The fourth-order valence-corrected chi connectivity index (χ4v) is 3.21. The molecular formula is C20H33N3O. The highest BCUT2D eigenvalue weighted by molar-refractivity contribution is 5.79. The van der Waals surface area contributed by atoms with Gasteiger partial charge in [0.1, 0.15) is 0 Å². The molecule has 1 heterocycles. The summed E-state index contributed by atoms with van der Waals surface area (Å²) >= 11 is 0. The van der Waals surface area contributed by atoms with E-state index in [2.05, 4.69) is 53.7 Å². The quantitative estimate of drug-likeness (QED) is 0.453. The largest absolute Gasteiger partial charge is 0.373 e. The molecule has 0 saturated carbocycles. The number of hydrogen-bond donors (Lipinski definition) is 2. The van der Waals surface area contributed by atoms with Crippen LogP contribution in [0.3, 0.4) is 0 Å². The van der Waals surface area contributed by atoms with E-state index in [0.29, 0.717) is 5.92 Å². The fraction of sp³-hybridized carbons (Fsp3) is 0.650. The topological polar surface area (TPSA) is 45.7 Å². The van der Waals surface area contributed by atoms with E-state index in [4.69, 9.17) is 4.74 Å². The van der Waals surface area contributed by atoms with Crippen LogP contribution in [0.1, 0.15) is 56.3 Å². The van der Waals surface area contributed by atoms with E-state index in [9.17, 15) is 0 Å². The maximum Gasteiger partial charge on any atom is 0.190 e. The highest BCUT2D eigenvalue weighted by Crippen LogP contribution is 2.33. The molecule has 4 heteroatoms. The average Bonchev–Trinajstić information content (AvgIpc) is 2.62. The van der Waals surface area contributed by atoms with Gasteiger partial charge < -0.3 is 15.4 Å². The van der Waals surface area contributed by atoms with Gasteiger partial charge in [-0.1, -0.05) is 49.6 Å². The molecule has 134 valence electrons. The van der Waals surface area contributed by atoms with Crippen LogP contribution in [0, 0.1) is 12.8 Å². The molecule has 2 atom stereocenters. The third-order valence-corrected chi connectivity index (χ3v) is 4.68. The Hall–Kier alpha value is -1.55. The lowest BCUT2D eigenvalue weighted by Crippen LogP contribution is -2.42. The standard InChI is InChI=1S/C20H33N3O/c1-4-5-6-13-22-20(21-3)23-15-18-8-7-14-24-19(18)17-11-9-16(2)10-12-17/h9-12,18-19H,4-8,13-15H2,1-3H3,(H2,21,22,23). The van der Waals surface area contributed by atoms with Crippen LogP contribution in [0.15, 0.2) is 29.3 Å². The van der Waals surface area contributed by atoms with Gasteiger partial charge in [0.25, 0.3) is 0 Å². The number of aryl methyl sites for hydroxylation is 1. The Labute approximate surface area is 147 Å². The molecule has 2 rings (SSSR count). The third kappa shape index (κ3) is 5.82. The number of guanidine groups is 1. The summed E-state index contributed by atoms with van der Waals surface area (Å²) in [6.45, 7) is 7.08. The van der Waals surface area contributed by atoms with E-state index >= 15 is 0 Å². The van der Waals surface area contributed by atoms with Crippen molar-refractivity contribution < 1.29 is 4.74 Å². The fourth-order valence-electron chi connectivity index (χ4n) is 3.21. The molecule has 24 heavy (non-hydrogen) atoms. The highest BCUT2D eigenvalue weighted by Gasteiger charge is 2.27. The number of unbranched alkanes of at least 4 members (excludes halogenated alkanes) is 2. The van der Waals surface area contributed by atoms with Gasteiger partial charge in [0.05, 0.1) is 6.10 Å². The van der Waals surface area contributed by atoms with E-state index in [1.165, 1.54) is 36.8 Å². The minimum atomic E-state index is 0.185. The number of aliphatic imine (C=N–C) groups is 1. The van der Waals surface area contributed by atoms with Gasteiger partial charge in [-0.15, -0.1) is 0 Å². The minimum absolute atomic E-state index is 0.185. The summed E-state index contributed by atoms with van der Waals surface area (Å²) in [5, 5.41) is 6.89. The van der Waals surface area contributed by atoms with Crippen LogP contribution in [0.5, 0.6) is 0 Å². The number of ether oxygens (including phenoxy) is 1. The molecule has 1 fully saturated rings. The molecule has 1 aliphatic rings. The zero-order valence-electron chi connectivity index (χ0n) is 15.5. The summed E-state index contributed by atoms with van der Waals surface area (Å²) in [5.41, 5.74) is 2.58. The number of hydrogen-bond acceptors (Lipinski definition) is 2. The van der Waals surface area contributed by atoms with Crippen molar-refractivity contribution in [1.82, 2.24) is 10.6 Å². The lowest BCUT2D eigenvalue weighted by Gasteiger charge is -2.32. The van der Waals surface area contributed by atoms with Crippen LogP contribution >= 0.6 is 0 Å². The Bertz CT molecular complexity index is 498. The van der Waals surface area contributed by atoms with E-state index in [1.54, 1.807) is 0 Å². The van der Waals surface area contributed by atoms with Crippen LogP contribution in [0.4, 0.5) is 0 Å². The van der Waals surface area contributed by atoms with Gasteiger partial charge >= 0.3 is 0 Å². The molecule has 4 nitrogen and oxygen atoms in total. The summed E-state index contributed by atoms with van der Waals surface area (Å²) in [6.07, 6.45) is 6.21. The molecule has 1 aromatic carbocycles. The van der Waals surface area contributed by atoms with Crippen molar-refractivity contribution in [3.8, 4) is 0 Å². The first-order valence-electron chi connectivity index (χ1n) is 9.37. The molecule has 2 unspecified atom stereocenters. The van der Waals surface area contributed by atoms with Gasteiger partial charge in [-0.25, -0.2) is 0 Å². The van der Waals surface area contributed by atoms with Crippen LogP contribution in [0.25, 0.3) is 0 Å². The van der Waals surface area contributed by atoms with Gasteiger partial charge in [0, 0.05) is 32.7 Å². The molecule has 0 radical (unpaired) electrons. The monoisotopic (exact) mass is 331 g/mol. The number of benzene rings is 1. The Morgan fingerprint density at radius 1 is 1.21 bits per heavy atom. The van der Waals surface area contributed by atoms with Crippen molar-refractivity contribution in [2.24, 2.45) is 10.9 Å². The summed E-state index contributed by atoms with van der Waals surface area (Å²) in [6, 6.07) is 8.75. The summed E-state index contributed by atoms with van der Waals surface area (Å²) in [7, 11) is 1.84. The molecule has 1 saturated heterocycles. The maximum absolute atomic E-state index is 6.10. The van der Waals surface area contributed by atoms with E-state index in [-0.39, 0.29) is 6.10 Å². The van der Waals surface area contributed by atoms with Crippen LogP contribution in [-0.2, 0) is 4.74 Å². The van der Waals surface area contributed by atoms with Crippen molar-refractivity contribution >= 4 is 5.96 Å². The van der Waals surface area contributed by atoms with E-state index in [0.717, 1.165) is 32.1 Å². The second kappa shape index (κ2) is 10.3. The van der Waals surface area contributed by atoms with Crippen LogP contribution < -0.4 is 10.6 Å². The first-order valence-corrected chi connectivity index (χ1v) is 9.37. The van der Waals surface area contributed by atoms with E-state index < -0.39 is 0 Å². The molecule has 0 amide bonds. The van der Waals surface area contributed by atoms with Crippen molar-refractivity contribution in [3.63, 3.8) is 0 Å². The average molecular weight is 332 g/mol. The van der Waals surface area contributed by atoms with Gasteiger partial charge in [0.15, 0.2) is 5.96 Å². The Morgan fingerprint density at radius 3 is 2.71 bits per heavy atom. The molecule has 0 aliphatic carbocycles. The number of nitrogens with one attached hydrogen (secondary N) is 2. The molecule has 0 bridgehead atoms. The molecule has 2 N–H and O–H groups in total. The predicted octanol–water partition coefficient (Wildman–Crippen LogP) is 3.82. The molecule has 1 aromatic rings. The number of rotatable bonds is 7. The number of nitrogens with zero attached hydrogens (tertiary/aromatic N) is 1. The van der Waals surface area contributed by atoms with Crippen LogP contribution in [0.2, 0.25) is 0 Å². The van der Waals surface area contributed by atoms with Crippen molar-refractivity contribution in [2.75, 3.05) is 26.7 Å². The SMILES string of the molecule is CCCCCNC(=NC)NCC1CCCOC1c1ccc(C)cc1. The smallest absolute Gasteiger partial charge is 0.190 e. The Morgan fingerprint density at radius 2 is 2.00 bits per heavy atom. The minimum Gasteiger partial charge on any atom is -0.373 e. The predicted molar refractivity (Wildman–Crippen MR) is 101 cm³/mol. The summed E-state index contributed by atoms with van der Waals surface area (Å²) in [5.74, 6) is 1.38. The Kier molecular flexibility index (Phi) is 8.10. The van der Waals surface area contributed by atoms with Crippen LogP contribution in [-0.4, -0.2) is 32.7 Å². The van der Waals surface area contributed by atoms with Crippen molar-refractivity contribution in [3.05, 3.63) is 35.4 Å². The molecule has 0 spiro atoms. The maximum atomic E-state index is 6.10. The molecular weight excluding hydrogens is 298 g/mol. The third-order valence-electron chi connectivity index (χ3n) is 4.68. The lowest BCUT2D eigenvalue weighted by molar-refractivity contribution is -0.0265. The molecule has 1 aliphatic heterocycles. The van der Waals surface area contributed by atoms with Gasteiger partial charge in [-0.2, -0.15) is 0 Å². The summed E-state index contributed by atoms with van der Waals surface area (Å²) in [4.78, 5) is 4.33.